The molecule has 22 nitrogen and oxygen atoms in total. The van der Waals surface area contributed by atoms with Crippen molar-refractivity contribution in [2.45, 2.75) is 63.5 Å². The number of guanidine groups is 2. The minimum atomic E-state index is -0.718. The number of carbonyl (C=O) groups excluding carboxylic acids is 4. The molecular formula is C32H48Cl2N18O4. The number of piperidine rings is 2. The smallest absolute Gasteiger partial charge is 0.317 e. The lowest BCUT2D eigenvalue weighted by molar-refractivity contribution is 0.0963. The molecule has 0 spiro atoms. The number of carbonyl (C=O) groups is 4. The number of nitrogen functional groups attached to an aromatic ring is 4. The van der Waals surface area contributed by atoms with Crippen LogP contribution in [0.1, 0.15) is 72.3 Å². The monoisotopic (exact) mass is 818 g/mol. The Morgan fingerprint density at radius 3 is 1.36 bits per heavy atom. The second kappa shape index (κ2) is 18.8. The van der Waals surface area contributed by atoms with Crippen LogP contribution < -0.4 is 55.7 Å². The number of nitrogens with one attached hydrogen (secondary N) is 4. The molecule has 5 rings (SSSR count). The number of urea groups is 2. The van der Waals surface area contributed by atoms with Gasteiger partial charge in [-0.25, -0.2) is 39.5 Å². The quantitative estimate of drug-likeness (QED) is 0.122. The van der Waals surface area contributed by atoms with Gasteiger partial charge in [0.05, 0.1) is 12.1 Å². The van der Waals surface area contributed by atoms with Gasteiger partial charge in [-0.2, -0.15) is 0 Å². The van der Waals surface area contributed by atoms with Crippen LogP contribution in [0, 0.1) is 11.8 Å². The van der Waals surface area contributed by atoms with Crippen LogP contribution in [0.3, 0.4) is 0 Å². The summed E-state index contributed by atoms with van der Waals surface area (Å²) in [5.74, 6) is -1.63. The third kappa shape index (κ3) is 11.2. The Bertz CT molecular complexity index is 1720. The van der Waals surface area contributed by atoms with Crippen molar-refractivity contribution in [3.05, 3.63) is 21.7 Å². The minimum Gasteiger partial charge on any atom is -0.382 e. The van der Waals surface area contributed by atoms with Crippen molar-refractivity contribution in [3.63, 3.8) is 0 Å². The molecule has 1 saturated carbocycles. The molecule has 2 aromatic heterocycles. The summed E-state index contributed by atoms with van der Waals surface area (Å²) >= 11 is 11.7. The lowest BCUT2D eigenvalue weighted by Gasteiger charge is -2.33. The number of nitrogens with zero attached hydrogens (tertiary/aromatic N) is 8. The van der Waals surface area contributed by atoms with E-state index in [-0.39, 0.29) is 81.0 Å². The molecule has 2 unspecified atom stereocenters. The van der Waals surface area contributed by atoms with Crippen molar-refractivity contribution in [2.75, 3.05) is 62.2 Å². The van der Waals surface area contributed by atoms with E-state index >= 15 is 0 Å². The molecule has 304 valence electrons. The van der Waals surface area contributed by atoms with Crippen LogP contribution in [-0.2, 0) is 0 Å². The summed E-state index contributed by atoms with van der Waals surface area (Å²) in [5, 5.41) is 10.7. The van der Waals surface area contributed by atoms with Gasteiger partial charge in [0, 0.05) is 39.3 Å². The Morgan fingerprint density at radius 2 is 0.982 bits per heavy atom. The molecule has 6 amide bonds. The average Bonchev–Trinajstić information content (AvgIpc) is 3.16. The number of nitrogens with two attached hydrogens (primary N) is 6. The van der Waals surface area contributed by atoms with E-state index in [1.54, 1.807) is 9.80 Å². The maximum absolute atomic E-state index is 13.0. The summed E-state index contributed by atoms with van der Waals surface area (Å²) in [6.07, 6.45) is 6.16. The zero-order valence-corrected chi connectivity index (χ0v) is 32.2. The van der Waals surface area contributed by atoms with Gasteiger partial charge in [0.1, 0.15) is 0 Å². The molecule has 0 bridgehead atoms. The zero-order valence-electron chi connectivity index (χ0n) is 30.6. The van der Waals surface area contributed by atoms with Crippen molar-refractivity contribution in [3.8, 4) is 0 Å². The van der Waals surface area contributed by atoms with E-state index in [1.165, 1.54) is 0 Å². The first-order chi connectivity index (χ1) is 26.7. The van der Waals surface area contributed by atoms with Gasteiger partial charge in [-0.3, -0.25) is 20.2 Å². The molecule has 2 aromatic rings. The Morgan fingerprint density at radius 1 is 0.607 bits per heavy atom. The summed E-state index contributed by atoms with van der Waals surface area (Å²) in [6, 6.07) is -0.657. The second-order valence-corrected chi connectivity index (χ2v) is 14.6. The van der Waals surface area contributed by atoms with Crippen LogP contribution in [0.4, 0.5) is 32.9 Å². The third-order valence-electron chi connectivity index (χ3n) is 9.85. The average molecular weight is 820 g/mol. The van der Waals surface area contributed by atoms with Crippen LogP contribution in [0.5, 0.6) is 0 Å². The van der Waals surface area contributed by atoms with E-state index < -0.39 is 11.8 Å². The van der Waals surface area contributed by atoms with Crippen molar-refractivity contribution < 1.29 is 19.2 Å². The van der Waals surface area contributed by atoms with Gasteiger partial charge in [0.2, 0.25) is 0 Å². The number of aromatic nitrogens is 4. The van der Waals surface area contributed by atoms with Crippen LogP contribution in [-0.4, -0.2) is 117 Å². The van der Waals surface area contributed by atoms with Crippen molar-refractivity contribution >= 4 is 82.3 Å². The normalized spacial score (nSPS) is 20.0. The minimum absolute atomic E-state index is 0.0953. The van der Waals surface area contributed by atoms with Gasteiger partial charge in [0.25, 0.3) is 11.8 Å². The number of hydrogen-bond acceptors (Lipinski definition) is 14. The fraction of sp³-hybridized carbons (Fsp3) is 0.562. The summed E-state index contributed by atoms with van der Waals surface area (Å²) < 4.78 is 0. The molecule has 2 saturated heterocycles. The van der Waals surface area contributed by atoms with Gasteiger partial charge in [-0.15, -0.1) is 0 Å². The predicted octanol–water partition coefficient (Wildman–Crippen LogP) is -0.154. The molecule has 3 fully saturated rings. The maximum Gasteiger partial charge on any atom is 0.317 e. The topological polar surface area (TPSA) is 355 Å². The van der Waals surface area contributed by atoms with Gasteiger partial charge in [-0.1, -0.05) is 29.6 Å². The van der Waals surface area contributed by atoms with Crippen LogP contribution in [0.2, 0.25) is 10.3 Å². The Balaban J connectivity index is 0.967. The van der Waals surface area contributed by atoms with Crippen LogP contribution >= 0.6 is 23.2 Å². The number of hydrogen-bond donors (Lipinski definition) is 10. The summed E-state index contributed by atoms with van der Waals surface area (Å²) in [6.45, 7) is 3.01. The standard InChI is InChI=1S/C32H48Cl2N18O4/c33-21-25(37)47-23(35)19(45-21)27(53)49-29(39)43-17-4-8-51(9-5-17)31(55)41-13-15-2-1-3-16(12-15)14-42-32(56)52-10-6-18(7-11-52)44-30(40)50-28(54)20-24(36)48-26(38)22(34)46-20/h15-18H,1-14H2,(H,41,55)(H,42,56)(H4,35,37,47)(H4,36,38,48)(H3,39,43,49,53)(H3,40,44,50,54). The fourth-order valence-corrected chi connectivity index (χ4v) is 7.14. The highest BCUT2D eigenvalue weighted by atomic mass is 35.5. The van der Waals surface area contributed by atoms with E-state index in [9.17, 15) is 19.2 Å². The zero-order chi connectivity index (χ0) is 40.5. The number of amides is 6. The van der Waals surface area contributed by atoms with E-state index in [0.717, 1.165) is 25.7 Å². The van der Waals surface area contributed by atoms with E-state index in [4.69, 9.17) is 57.6 Å². The van der Waals surface area contributed by atoms with Crippen LogP contribution in [0.25, 0.3) is 0 Å². The number of aliphatic imine (C=N–C) groups is 2. The van der Waals surface area contributed by atoms with E-state index in [2.05, 4.69) is 51.2 Å². The molecule has 2 atom stereocenters. The molecule has 0 radical (unpaired) electrons. The summed E-state index contributed by atoms with van der Waals surface area (Å²) in [7, 11) is 0. The van der Waals surface area contributed by atoms with Gasteiger partial charge in [-0.05, 0) is 56.8 Å². The molecule has 3 aliphatic rings. The van der Waals surface area contributed by atoms with Crippen molar-refractivity contribution in [2.24, 2.45) is 33.3 Å². The van der Waals surface area contributed by atoms with Crippen molar-refractivity contribution in [1.29, 1.82) is 0 Å². The molecule has 16 N–H and O–H groups in total. The number of anilines is 4. The highest BCUT2D eigenvalue weighted by Gasteiger charge is 2.28. The third-order valence-corrected chi connectivity index (χ3v) is 10.4. The van der Waals surface area contributed by atoms with Gasteiger partial charge in [0.15, 0.2) is 56.9 Å². The molecule has 0 aromatic carbocycles. The molecular weight excluding hydrogens is 771 g/mol. The molecule has 4 heterocycles. The molecule has 2 aliphatic heterocycles. The van der Waals surface area contributed by atoms with Crippen molar-refractivity contribution in [1.82, 2.24) is 51.0 Å². The molecule has 56 heavy (non-hydrogen) atoms. The Hall–Kier alpha value is -5.64. The lowest BCUT2D eigenvalue weighted by Crippen LogP contribution is -2.48. The first kappa shape index (κ1) is 41.5. The second-order valence-electron chi connectivity index (χ2n) is 13.9. The number of likely N-dealkylation sites (tertiary alicyclic amines) is 2. The fourth-order valence-electron chi connectivity index (χ4n) is 6.88. The highest BCUT2D eigenvalue weighted by Crippen LogP contribution is 2.28. The van der Waals surface area contributed by atoms with Gasteiger partial charge < -0.3 is 54.8 Å². The van der Waals surface area contributed by atoms with Gasteiger partial charge >= 0.3 is 12.1 Å². The highest BCUT2D eigenvalue weighted by molar-refractivity contribution is 6.32. The maximum atomic E-state index is 13.0. The SMILES string of the molecule is NC(=NC1CCN(C(=O)NCC2CCCC(CNC(=O)N3CCC(N=C(N)NC(=O)c4nc(Cl)c(N)nc4N)CC3)C2)CC1)NC(=O)c1nc(Cl)c(N)nc1N. The summed E-state index contributed by atoms with van der Waals surface area (Å²) in [5.41, 5.74) is 34.0. The summed E-state index contributed by atoms with van der Waals surface area (Å²) in [4.78, 5) is 78.5. The Labute approximate surface area is 332 Å². The predicted molar refractivity (Wildman–Crippen MR) is 211 cm³/mol. The largest absolute Gasteiger partial charge is 0.382 e. The van der Waals surface area contributed by atoms with E-state index in [0.29, 0.717) is 76.8 Å². The lowest BCUT2D eigenvalue weighted by atomic mass is 9.81. The molecule has 1 aliphatic carbocycles. The first-order valence-electron chi connectivity index (χ1n) is 18.2. The molecule has 24 heteroatoms. The van der Waals surface area contributed by atoms with Crippen LogP contribution in [0.15, 0.2) is 9.98 Å². The Kier molecular flexibility index (Phi) is 13.9. The number of rotatable bonds is 8. The first-order valence-corrected chi connectivity index (χ1v) is 18.9. The van der Waals surface area contributed by atoms with E-state index in [1.807, 2.05) is 0 Å². The number of halogens is 2.